The number of para-hydroxylation sites is 1. The number of rotatable bonds is 4. The van der Waals surface area contributed by atoms with Gasteiger partial charge in [-0.25, -0.2) is 18.7 Å². The molecule has 1 atom stereocenters. The van der Waals surface area contributed by atoms with Gasteiger partial charge in [-0.3, -0.25) is 4.79 Å². The average Bonchev–Trinajstić information content (AvgIpc) is 2.58. The number of anilines is 1. The highest BCUT2D eigenvalue weighted by molar-refractivity contribution is 8.00. The molecule has 128 valence electrons. The number of hydrogen-bond acceptors (Lipinski definition) is 4. The number of nitrogens with zero attached hydrogens (tertiary/aromatic N) is 2. The molecule has 0 aliphatic rings. The fourth-order valence-electron chi connectivity index (χ4n) is 2.29. The monoisotopic (exact) mass is 359 g/mol. The van der Waals surface area contributed by atoms with Gasteiger partial charge in [-0.1, -0.05) is 30.0 Å². The van der Waals surface area contributed by atoms with Gasteiger partial charge in [0.25, 0.3) is 0 Å². The Balaban J connectivity index is 1.78. The molecule has 0 unspecified atom stereocenters. The second-order valence-corrected chi connectivity index (χ2v) is 6.80. The lowest BCUT2D eigenvalue weighted by atomic mass is 10.2. The SMILES string of the molecule is Cc1nc(S[C@@H](C)C(=O)Nc2ccc(F)c(F)c2)c2ccccc2n1. The number of nitrogens with one attached hydrogen (secondary N) is 1. The van der Waals surface area contributed by atoms with E-state index in [1.807, 2.05) is 24.3 Å². The first-order chi connectivity index (χ1) is 11.9. The van der Waals surface area contributed by atoms with Crippen LogP contribution >= 0.6 is 11.8 Å². The number of carbonyl (C=O) groups is 1. The van der Waals surface area contributed by atoms with Crippen molar-refractivity contribution < 1.29 is 13.6 Å². The lowest BCUT2D eigenvalue weighted by molar-refractivity contribution is -0.115. The summed E-state index contributed by atoms with van der Waals surface area (Å²) in [6.45, 7) is 3.52. The van der Waals surface area contributed by atoms with Crippen LogP contribution in [-0.4, -0.2) is 21.1 Å². The highest BCUT2D eigenvalue weighted by Gasteiger charge is 2.18. The van der Waals surface area contributed by atoms with Gasteiger partial charge in [0, 0.05) is 17.1 Å². The number of amides is 1. The molecule has 1 heterocycles. The zero-order valence-corrected chi connectivity index (χ0v) is 14.4. The van der Waals surface area contributed by atoms with E-state index in [2.05, 4.69) is 15.3 Å². The van der Waals surface area contributed by atoms with E-state index in [-0.39, 0.29) is 11.6 Å². The van der Waals surface area contributed by atoms with E-state index in [1.54, 1.807) is 13.8 Å². The molecule has 2 aromatic carbocycles. The predicted molar refractivity (Wildman–Crippen MR) is 94.6 cm³/mol. The van der Waals surface area contributed by atoms with Crippen LogP contribution in [0.15, 0.2) is 47.5 Å². The molecule has 0 saturated carbocycles. The highest BCUT2D eigenvalue weighted by atomic mass is 32.2. The summed E-state index contributed by atoms with van der Waals surface area (Å²) in [5.41, 5.74) is 1.02. The third-order valence-corrected chi connectivity index (χ3v) is 4.63. The van der Waals surface area contributed by atoms with Crippen molar-refractivity contribution in [1.82, 2.24) is 9.97 Å². The Morgan fingerprint density at radius 2 is 1.88 bits per heavy atom. The summed E-state index contributed by atoms with van der Waals surface area (Å²) in [6, 6.07) is 10.8. The molecule has 1 N–H and O–H groups in total. The molecule has 3 aromatic rings. The molecule has 0 fully saturated rings. The fraction of sp³-hybridized carbons (Fsp3) is 0.167. The second-order valence-electron chi connectivity index (χ2n) is 5.47. The van der Waals surface area contributed by atoms with Gasteiger partial charge in [-0.05, 0) is 32.0 Å². The fourth-order valence-corrected chi connectivity index (χ4v) is 3.27. The first-order valence-electron chi connectivity index (χ1n) is 7.60. The third kappa shape index (κ3) is 3.93. The number of aryl methyl sites for hydroxylation is 1. The maximum atomic E-state index is 13.2. The summed E-state index contributed by atoms with van der Waals surface area (Å²) in [4.78, 5) is 21.1. The van der Waals surface area contributed by atoms with Gasteiger partial charge in [0.1, 0.15) is 10.9 Å². The minimum absolute atomic E-state index is 0.208. The second kappa shape index (κ2) is 7.14. The number of aromatic nitrogens is 2. The molecule has 0 saturated heterocycles. The summed E-state index contributed by atoms with van der Waals surface area (Å²) < 4.78 is 26.2. The minimum Gasteiger partial charge on any atom is -0.325 e. The zero-order valence-electron chi connectivity index (χ0n) is 13.6. The quantitative estimate of drug-likeness (QED) is 0.556. The van der Waals surface area contributed by atoms with Crippen LogP contribution in [0.5, 0.6) is 0 Å². The predicted octanol–water partition coefficient (Wildman–Crippen LogP) is 4.34. The van der Waals surface area contributed by atoms with Crippen LogP contribution in [0, 0.1) is 18.6 Å². The van der Waals surface area contributed by atoms with Gasteiger partial charge in [0.2, 0.25) is 5.91 Å². The molecule has 0 radical (unpaired) electrons. The normalized spacial score (nSPS) is 12.2. The van der Waals surface area contributed by atoms with Crippen molar-refractivity contribution in [3.8, 4) is 0 Å². The van der Waals surface area contributed by atoms with E-state index >= 15 is 0 Å². The molecule has 0 spiro atoms. The van der Waals surface area contributed by atoms with Crippen LogP contribution in [0.1, 0.15) is 12.7 Å². The summed E-state index contributed by atoms with van der Waals surface area (Å²) >= 11 is 1.29. The van der Waals surface area contributed by atoms with Crippen molar-refractivity contribution >= 4 is 34.3 Å². The van der Waals surface area contributed by atoms with Gasteiger partial charge in [-0.15, -0.1) is 0 Å². The topological polar surface area (TPSA) is 54.9 Å². The largest absolute Gasteiger partial charge is 0.325 e. The number of benzene rings is 2. The molecule has 1 aromatic heterocycles. The third-order valence-electron chi connectivity index (χ3n) is 3.52. The van der Waals surface area contributed by atoms with Crippen molar-refractivity contribution in [3.63, 3.8) is 0 Å². The Morgan fingerprint density at radius 3 is 2.64 bits per heavy atom. The number of thioether (sulfide) groups is 1. The van der Waals surface area contributed by atoms with Crippen molar-refractivity contribution in [2.45, 2.75) is 24.1 Å². The standard InChI is InChI=1S/C18H15F2N3OS/c1-10(17(24)23-12-7-8-14(19)15(20)9-12)25-18-13-5-3-4-6-16(13)21-11(2)22-18/h3-10H,1-2H3,(H,23,24)/t10-/m0/s1. The van der Waals surface area contributed by atoms with Crippen LogP contribution in [0.2, 0.25) is 0 Å². The lowest BCUT2D eigenvalue weighted by Gasteiger charge is -2.13. The van der Waals surface area contributed by atoms with Crippen molar-refractivity contribution in [1.29, 1.82) is 0 Å². The maximum absolute atomic E-state index is 13.2. The molecule has 0 bridgehead atoms. The smallest absolute Gasteiger partial charge is 0.237 e. The molecule has 3 rings (SSSR count). The Kier molecular flexibility index (Phi) is 4.94. The summed E-state index contributed by atoms with van der Waals surface area (Å²) in [5, 5.41) is 3.67. The Hall–Kier alpha value is -2.54. The highest BCUT2D eigenvalue weighted by Crippen LogP contribution is 2.29. The van der Waals surface area contributed by atoms with E-state index in [0.717, 1.165) is 23.0 Å². The molecule has 4 nitrogen and oxygen atoms in total. The minimum atomic E-state index is -1.00. The van der Waals surface area contributed by atoms with E-state index in [4.69, 9.17) is 0 Å². The van der Waals surface area contributed by atoms with E-state index in [9.17, 15) is 13.6 Å². The van der Waals surface area contributed by atoms with Crippen molar-refractivity contribution in [3.05, 3.63) is 59.9 Å². The molecule has 25 heavy (non-hydrogen) atoms. The van der Waals surface area contributed by atoms with Gasteiger partial charge in [0.05, 0.1) is 10.8 Å². The number of halogens is 2. The summed E-state index contributed by atoms with van der Waals surface area (Å²) in [5.74, 6) is -1.66. The van der Waals surface area contributed by atoms with Crippen LogP contribution < -0.4 is 5.32 Å². The lowest BCUT2D eigenvalue weighted by Crippen LogP contribution is -2.22. The van der Waals surface area contributed by atoms with Crippen molar-refractivity contribution in [2.24, 2.45) is 0 Å². The number of hydrogen-bond donors (Lipinski definition) is 1. The zero-order chi connectivity index (χ0) is 18.0. The molecular weight excluding hydrogens is 344 g/mol. The van der Waals surface area contributed by atoms with E-state index in [1.165, 1.54) is 17.8 Å². The van der Waals surface area contributed by atoms with Crippen LogP contribution in [0.25, 0.3) is 10.9 Å². The average molecular weight is 359 g/mol. The molecular formula is C18H15F2N3OS. The molecule has 7 heteroatoms. The first-order valence-corrected chi connectivity index (χ1v) is 8.48. The first kappa shape index (κ1) is 17.3. The van der Waals surface area contributed by atoms with Gasteiger partial charge in [0.15, 0.2) is 11.6 Å². The van der Waals surface area contributed by atoms with Gasteiger partial charge < -0.3 is 5.32 Å². The summed E-state index contributed by atoms with van der Waals surface area (Å²) in [6.07, 6.45) is 0. The number of fused-ring (bicyclic) bond motifs is 1. The van der Waals surface area contributed by atoms with Crippen LogP contribution in [0.4, 0.5) is 14.5 Å². The number of carbonyl (C=O) groups excluding carboxylic acids is 1. The van der Waals surface area contributed by atoms with Crippen LogP contribution in [0.3, 0.4) is 0 Å². The Bertz CT molecular complexity index is 949. The summed E-state index contributed by atoms with van der Waals surface area (Å²) in [7, 11) is 0. The van der Waals surface area contributed by atoms with Gasteiger partial charge in [-0.2, -0.15) is 0 Å². The maximum Gasteiger partial charge on any atom is 0.237 e. The Labute approximate surface area is 147 Å². The van der Waals surface area contributed by atoms with Crippen molar-refractivity contribution in [2.75, 3.05) is 5.32 Å². The molecule has 0 aliphatic carbocycles. The van der Waals surface area contributed by atoms with Gasteiger partial charge >= 0.3 is 0 Å². The van der Waals surface area contributed by atoms with E-state index in [0.29, 0.717) is 10.9 Å². The van der Waals surface area contributed by atoms with E-state index < -0.39 is 16.9 Å². The molecule has 0 aliphatic heterocycles. The Morgan fingerprint density at radius 1 is 1.12 bits per heavy atom. The molecule has 1 amide bonds. The van der Waals surface area contributed by atoms with Crippen LogP contribution in [-0.2, 0) is 4.79 Å².